The Hall–Kier alpha value is -2.15. The highest BCUT2D eigenvalue weighted by Gasteiger charge is 2.32. The van der Waals surface area contributed by atoms with Gasteiger partial charge in [0.2, 0.25) is 0 Å². The summed E-state index contributed by atoms with van der Waals surface area (Å²) in [5.41, 5.74) is 1.37. The molecule has 0 bridgehead atoms. The number of likely N-dealkylation sites (tertiary alicyclic amines) is 1. The fraction of sp³-hybridized carbons (Fsp3) is 0.400. The van der Waals surface area contributed by atoms with Crippen LogP contribution in [0.3, 0.4) is 0 Å². The van der Waals surface area contributed by atoms with E-state index < -0.39 is 0 Å². The first kappa shape index (κ1) is 13.5. The van der Waals surface area contributed by atoms with E-state index in [4.69, 9.17) is 4.52 Å². The SMILES string of the molecule is Cc1cc(C(=O)N2CCCC[C@@H]2c2ncn3ccsc23)no1. The van der Waals surface area contributed by atoms with Crippen LogP contribution in [0.2, 0.25) is 0 Å². The van der Waals surface area contributed by atoms with Crippen molar-refractivity contribution in [3.8, 4) is 0 Å². The molecule has 22 heavy (non-hydrogen) atoms. The zero-order valence-corrected chi connectivity index (χ0v) is 13.0. The molecule has 4 heterocycles. The maximum absolute atomic E-state index is 12.8. The Kier molecular flexibility index (Phi) is 3.22. The molecule has 1 aliphatic rings. The number of imidazole rings is 1. The lowest BCUT2D eigenvalue weighted by Gasteiger charge is -2.34. The van der Waals surface area contributed by atoms with Gasteiger partial charge in [0.1, 0.15) is 16.9 Å². The van der Waals surface area contributed by atoms with Gasteiger partial charge in [0, 0.05) is 24.2 Å². The molecule has 0 aliphatic carbocycles. The van der Waals surface area contributed by atoms with Crippen LogP contribution >= 0.6 is 11.3 Å². The number of hydrogen-bond donors (Lipinski definition) is 0. The maximum atomic E-state index is 12.8. The normalized spacial score (nSPS) is 19.0. The summed E-state index contributed by atoms with van der Waals surface area (Å²) < 4.78 is 7.06. The first-order valence-electron chi connectivity index (χ1n) is 7.38. The van der Waals surface area contributed by atoms with Crippen LogP contribution in [-0.2, 0) is 0 Å². The van der Waals surface area contributed by atoms with E-state index in [1.807, 2.05) is 27.2 Å². The minimum atomic E-state index is -0.0701. The number of aryl methyl sites for hydroxylation is 1. The van der Waals surface area contributed by atoms with Gasteiger partial charge in [-0.15, -0.1) is 11.3 Å². The molecular weight excluding hydrogens is 300 g/mol. The lowest BCUT2D eigenvalue weighted by atomic mass is 9.99. The lowest BCUT2D eigenvalue weighted by Crippen LogP contribution is -2.38. The van der Waals surface area contributed by atoms with Crippen molar-refractivity contribution >= 4 is 22.1 Å². The van der Waals surface area contributed by atoms with Gasteiger partial charge in [-0.25, -0.2) is 4.98 Å². The Balaban J connectivity index is 1.70. The smallest absolute Gasteiger partial charge is 0.276 e. The van der Waals surface area contributed by atoms with Crippen LogP contribution in [0, 0.1) is 6.92 Å². The Morgan fingerprint density at radius 3 is 3.18 bits per heavy atom. The molecule has 1 fully saturated rings. The third-order valence-electron chi connectivity index (χ3n) is 4.10. The van der Waals surface area contributed by atoms with Crippen molar-refractivity contribution in [1.82, 2.24) is 19.4 Å². The van der Waals surface area contributed by atoms with Gasteiger partial charge < -0.3 is 9.42 Å². The second kappa shape index (κ2) is 5.24. The molecule has 7 heteroatoms. The third-order valence-corrected chi connectivity index (χ3v) is 5.00. The number of hydrogen-bond acceptors (Lipinski definition) is 5. The average Bonchev–Trinajstić information content (AvgIpc) is 3.22. The number of piperidine rings is 1. The van der Waals surface area contributed by atoms with Crippen molar-refractivity contribution in [2.45, 2.75) is 32.2 Å². The molecule has 1 aliphatic heterocycles. The number of carbonyl (C=O) groups is 1. The van der Waals surface area contributed by atoms with Crippen molar-refractivity contribution in [2.75, 3.05) is 6.54 Å². The van der Waals surface area contributed by atoms with E-state index in [0.29, 0.717) is 11.5 Å². The Morgan fingerprint density at radius 2 is 2.36 bits per heavy atom. The van der Waals surface area contributed by atoms with E-state index in [0.717, 1.165) is 36.3 Å². The number of fused-ring (bicyclic) bond motifs is 1. The summed E-state index contributed by atoms with van der Waals surface area (Å²) >= 11 is 1.66. The van der Waals surface area contributed by atoms with Crippen LogP contribution in [-0.4, -0.2) is 31.9 Å². The highest BCUT2D eigenvalue weighted by atomic mass is 32.1. The molecule has 1 saturated heterocycles. The molecule has 3 aromatic heterocycles. The molecule has 0 aromatic carbocycles. The van der Waals surface area contributed by atoms with Crippen molar-refractivity contribution < 1.29 is 9.32 Å². The fourth-order valence-corrected chi connectivity index (χ4v) is 3.91. The molecule has 0 spiro atoms. The van der Waals surface area contributed by atoms with Crippen LogP contribution in [0.5, 0.6) is 0 Å². The van der Waals surface area contributed by atoms with Crippen LogP contribution in [0.25, 0.3) is 4.83 Å². The Morgan fingerprint density at radius 1 is 1.45 bits per heavy atom. The van der Waals surface area contributed by atoms with Crippen molar-refractivity contribution in [2.24, 2.45) is 0 Å². The number of amides is 1. The molecule has 0 unspecified atom stereocenters. The number of aromatic nitrogens is 3. The molecule has 0 saturated carbocycles. The topological polar surface area (TPSA) is 63.6 Å². The molecule has 1 atom stereocenters. The monoisotopic (exact) mass is 316 g/mol. The van der Waals surface area contributed by atoms with Gasteiger partial charge in [-0.3, -0.25) is 9.20 Å². The minimum absolute atomic E-state index is 0.0157. The summed E-state index contributed by atoms with van der Waals surface area (Å²) in [6.45, 7) is 2.53. The zero-order chi connectivity index (χ0) is 15.1. The number of thiazole rings is 1. The van der Waals surface area contributed by atoms with E-state index in [2.05, 4.69) is 10.1 Å². The van der Waals surface area contributed by atoms with Gasteiger partial charge in [0.05, 0.1) is 11.7 Å². The molecule has 4 rings (SSSR count). The van der Waals surface area contributed by atoms with E-state index in [1.54, 1.807) is 24.3 Å². The molecule has 114 valence electrons. The molecule has 6 nitrogen and oxygen atoms in total. The van der Waals surface area contributed by atoms with E-state index in [9.17, 15) is 4.79 Å². The van der Waals surface area contributed by atoms with Gasteiger partial charge in [-0.1, -0.05) is 5.16 Å². The minimum Gasteiger partial charge on any atom is -0.361 e. The van der Waals surface area contributed by atoms with E-state index in [1.165, 1.54) is 0 Å². The molecule has 0 radical (unpaired) electrons. The summed E-state index contributed by atoms with van der Waals surface area (Å²) in [5.74, 6) is 0.582. The average molecular weight is 316 g/mol. The second-order valence-corrected chi connectivity index (χ2v) is 6.47. The summed E-state index contributed by atoms with van der Waals surface area (Å²) in [7, 11) is 0. The number of carbonyl (C=O) groups excluding carboxylic acids is 1. The third kappa shape index (κ3) is 2.12. The summed E-state index contributed by atoms with van der Waals surface area (Å²) in [6.07, 6.45) is 6.87. The largest absolute Gasteiger partial charge is 0.361 e. The maximum Gasteiger partial charge on any atom is 0.276 e. The van der Waals surface area contributed by atoms with Crippen LogP contribution < -0.4 is 0 Å². The molecule has 3 aromatic rings. The standard InChI is InChI=1S/C15H16N4O2S/c1-10-8-11(17-21-10)14(20)19-5-3-2-4-12(19)13-15-18(9-16-13)6-7-22-15/h6-9,12H,2-5H2,1H3/t12-/m1/s1. The first-order valence-corrected chi connectivity index (χ1v) is 8.26. The van der Waals surface area contributed by atoms with Crippen LogP contribution in [0.4, 0.5) is 0 Å². The van der Waals surface area contributed by atoms with Crippen molar-refractivity contribution in [3.05, 3.63) is 41.1 Å². The molecule has 0 N–H and O–H groups in total. The van der Waals surface area contributed by atoms with Crippen molar-refractivity contribution in [1.29, 1.82) is 0 Å². The zero-order valence-electron chi connectivity index (χ0n) is 12.2. The van der Waals surface area contributed by atoms with E-state index in [-0.39, 0.29) is 11.9 Å². The summed E-state index contributed by atoms with van der Waals surface area (Å²) in [5, 5.41) is 5.91. The Bertz CT molecular complexity index is 818. The second-order valence-electron chi connectivity index (χ2n) is 5.58. The predicted octanol–water partition coefficient (Wildman–Crippen LogP) is 3.06. The van der Waals surface area contributed by atoms with Crippen LogP contribution in [0.1, 0.15) is 47.2 Å². The predicted molar refractivity (Wildman–Crippen MR) is 81.9 cm³/mol. The van der Waals surface area contributed by atoms with Gasteiger partial charge in [0.25, 0.3) is 5.91 Å². The molecule has 1 amide bonds. The highest BCUT2D eigenvalue weighted by molar-refractivity contribution is 7.15. The van der Waals surface area contributed by atoms with Gasteiger partial charge in [-0.05, 0) is 26.2 Å². The molecular formula is C15H16N4O2S. The summed E-state index contributed by atoms with van der Waals surface area (Å²) in [6, 6.07) is 1.71. The highest BCUT2D eigenvalue weighted by Crippen LogP contribution is 2.34. The van der Waals surface area contributed by atoms with Crippen LogP contribution in [0.15, 0.2) is 28.5 Å². The van der Waals surface area contributed by atoms with Gasteiger partial charge >= 0.3 is 0 Å². The van der Waals surface area contributed by atoms with Gasteiger partial charge in [0.15, 0.2) is 5.69 Å². The summed E-state index contributed by atoms with van der Waals surface area (Å²) in [4.78, 5) is 20.3. The van der Waals surface area contributed by atoms with Gasteiger partial charge in [-0.2, -0.15) is 0 Å². The van der Waals surface area contributed by atoms with E-state index >= 15 is 0 Å². The quantitative estimate of drug-likeness (QED) is 0.729. The Labute approximate surface area is 131 Å². The fourth-order valence-electron chi connectivity index (χ4n) is 3.05. The number of nitrogens with zero attached hydrogens (tertiary/aromatic N) is 4. The first-order chi connectivity index (χ1) is 10.7. The van der Waals surface area contributed by atoms with Crippen molar-refractivity contribution in [3.63, 3.8) is 0 Å². The number of rotatable bonds is 2. The lowest BCUT2D eigenvalue weighted by molar-refractivity contribution is 0.0598.